The van der Waals surface area contributed by atoms with Crippen molar-refractivity contribution in [1.82, 2.24) is 5.43 Å². The van der Waals surface area contributed by atoms with E-state index in [2.05, 4.69) is 15.8 Å². The maximum Gasteiger partial charge on any atom is 0.271 e. The van der Waals surface area contributed by atoms with Gasteiger partial charge in [-0.05, 0) is 48.5 Å². The third-order valence-electron chi connectivity index (χ3n) is 3.81. The number of nitrogens with zero attached hydrogens (tertiary/aromatic N) is 1. The largest absolute Gasteiger partial charge is 0.483 e. The highest BCUT2D eigenvalue weighted by Gasteiger charge is 2.07. The van der Waals surface area contributed by atoms with E-state index in [1.54, 1.807) is 60.7 Å². The van der Waals surface area contributed by atoms with Crippen molar-refractivity contribution in [1.29, 1.82) is 0 Å². The Kier molecular flexibility index (Phi) is 6.97. The number of para-hydroxylation sites is 2. The fourth-order valence-electron chi connectivity index (χ4n) is 2.41. The van der Waals surface area contributed by atoms with Crippen LogP contribution in [0.25, 0.3) is 0 Å². The lowest BCUT2D eigenvalue weighted by molar-refractivity contribution is -0.118. The van der Waals surface area contributed by atoms with E-state index in [-0.39, 0.29) is 18.4 Å². The van der Waals surface area contributed by atoms with Gasteiger partial charge in [-0.1, -0.05) is 41.9 Å². The van der Waals surface area contributed by atoms with Gasteiger partial charge in [-0.25, -0.2) is 5.43 Å². The number of rotatable bonds is 7. The molecule has 0 bridgehead atoms. The highest BCUT2D eigenvalue weighted by atomic mass is 35.5. The Hall–Kier alpha value is -3.64. The molecule has 0 saturated heterocycles. The van der Waals surface area contributed by atoms with E-state index in [0.29, 0.717) is 27.6 Å². The summed E-state index contributed by atoms with van der Waals surface area (Å²) in [5, 5.41) is 7.25. The van der Waals surface area contributed by atoms with E-state index in [0.717, 1.165) is 0 Å². The van der Waals surface area contributed by atoms with E-state index in [1.807, 2.05) is 18.2 Å². The molecule has 0 atom stereocenters. The number of nitrogens with one attached hydrogen (secondary N) is 2. The molecule has 3 rings (SSSR count). The number of hydrogen-bond donors (Lipinski definition) is 2. The van der Waals surface area contributed by atoms with Crippen molar-refractivity contribution in [2.75, 3.05) is 11.9 Å². The molecule has 3 aromatic rings. The number of carbonyl (C=O) groups excluding carboxylic acids is 2. The van der Waals surface area contributed by atoms with E-state index >= 15 is 0 Å². The maximum absolute atomic E-state index is 12.1. The van der Waals surface area contributed by atoms with E-state index in [4.69, 9.17) is 16.3 Å². The Morgan fingerprint density at radius 2 is 1.62 bits per heavy atom. The zero-order valence-electron chi connectivity index (χ0n) is 15.3. The summed E-state index contributed by atoms with van der Waals surface area (Å²) in [4.78, 5) is 24.1. The summed E-state index contributed by atoms with van der Waals surface area (Å²) in [5.74, 6) is -0.169. The molecule has 7 heteroatoms. The normalized spacial score (nSPS) is 10.5. The number of amides is 2. The van der Waals surface area contributed by atoms with Crippen LogP contribution in [0.2, 0.25) is 5.02 Å². The third-order valence-corrected chi connectivity index (χ3v) is 4.06. The van der Waals surface area contributed by atoms with Gasteiger partial charge in [0.25, 0.3) is 11.8 Å². The van der Waals surface area contributed by atoms with Gasteiger partial charge >= 0.3 is 0 Å². The lowest BCUT2D eigenvalue weighted by Gasteiger charge is -2.09. The minimum absolute atomic E-state index is 0.156. The fourth-order valence-corrected chi connectivity index (χ4v) is 2.53. The lowest BCUT2D eigenvalue weighted by Crippen LogP contribution is -2.20. The molecule has 6 nitrogen and oxygen atoms in total. The van der Waals surface area contributed by atoms with Crippen LogP contribution in [-0.4, -0.2) is 24.6 Å². The van der Waals surface area contributed by atoms with Gasteiger partial charge in [-0.3, -0.25) is 9.59 Å². The van der Waals surface area contributed by atoms with Gasteiger partial charge < -0.3 is 10.1 Å². The van der Waals surface area contributed by atoms with Gasteiger partial charge in [-0.2, -0.15) is 5.10 Å². The van der Waals surface area contributed by atoms with Crippen molar-refractivity contribution in [3.8, 4) is 5.75 Å². The second-order valence-corrected chi connectivity index (χ2v) is 6.38. The summed E-state index contributed by atoms with van der Waals surface area (Å²) in [6.07, 6.45) is 1.46. The van der Waals surface area contributed by atoms with Gasteiger partial charge in [0.2, 0.25) is 0 Å². The molecular formula is C22H18ClN3O3. The van der Waals surface area contributed by atoms with Gasteiger partial charge in [0, 0.05) is 21.8 Å². The molecule has 2 amide bonds. The first-order chi connectivity index (χ1) is 14.1. The molecule has 2 N–H and O–H groups in total. The Bertz CT molecular complexity index is 1010. The molecule has 0 aliphatic heterocycles. The van der Waals surface area contributed by atoms with Crippen LogP contribution < -0.4 is 15.5 Å². The average Bonchev–Trinajstić information content (AvgIpc) is 2.74. The third kappa shape index (κ3) is 6.19. The molecule has 29 heavy (non-hydrogen) atoms. The summed E-state index contributed by atoms with van der Waals surface area (Å²) < 4.78 is 5.60. The van der Waals surface area contributed by atoms with Crippen molar-refractivity contribution < 1.29 is 14.3 Å². The van der Waals surface area contributed by atoms with Crippen molar-refractivity contribution in [2.45, 2.75) is 0 Å². The molecule has 146 valence electrons. The second-order valence-electron chi connectivity index (χ2n) is 5.95. The predicted molar refractivity (Wildman–Crippen MR) is 114 cm³/mol. The summed E-state index contributed by atoms with van der Waals surface area (Å²) in [5.41, 5.74) is 4.20. The maximum atomic E-state index is 12.1. The topological polar surface area (TPSA) is 79.8 Å². The number of hydrogen-bond acceptors (Lipinski definition) is 4. The number of ether oxygens (including phenoxy) is 1. The van der Waals surface area contributed by atoms with E-state index in [9.17, 15) is 9.59 Å². The average molecular weight is 408 g/mol. The van der Waals surface area contributed by atoms with Crippen molar-refractivity contribution in [3.05, 3.63) is 95.0 Å². The highest BCUT2D eigenvalue weighted by molar-refractivity contribution is 6.30. The molecule has 0 radical (unpaired) electrons. The number of halogens is 1. The second kappa shape index (κ2) is 10.1. The summed E-state index contributed by atoms with van der Waals surface area (Å²) in [7, 11) is 0. The number of hydrazone groups is 1. The molecule has 0 unspecified atom stereocenters. The molecular weight excluding hydrogens is 390 g/mol. The minimum atomic E-state index is -0.362. The molecule has 0 spiro atoms. The van der Waals surface area contributed by atoms with Crippen LogP contribution in [0, 0.1) is 0 Å². The summed E-state index contributed by atoms with van der Waals surface area (Å²) in [6.45, 7) is -0.156. The summed E-state index contributed by atoms with van der Waals surface area (Å²) >= 11 is 5.81. The zero-order chi connectivity index (χ0) is 20.5. The molecule has 0 heterocycles. The van der Waals surface area contributed by atoms with Crippen LogP contribution in [0.1, 0.15) is 15.9 Å². The van der Waals surface area contributed by atoms with E-state index < -0.39 is 0 Å². The quantitative estimate of drug-likeness (QED) is 0.456. The first-order valence-corrected chi connectivity index (χ1v) is 9.15. The standard InChI is InChI=1S/C22H18ClN3O3/c23-18-12-10-16(11-13-18)22(28)26-24-14-17-6-4-5-9-20(17)29-15-21(27)25-19-7-2-1-3-8-19/h1-14H,15H2,(H,25,27)(H,26,28)/b24-14-. The van der Waals surface area contributed by atoms with Crippen LogP contribution in [0.3, 0.4) is 0 Å². The van der Waals surface area contributed by atoms with Gasteiger partial charge in [0.05, 0.1) is 6.21 Å². The van der Waals surface area contributed by atoms with Crippen LogP contribution in [0.4, 0.5) is 5.69 Å². The molecule has 0 aromatic heterocycles. The highest BCUT2D eigenvalue weighted by Crippen LogP contribution is 2.16. The Balaban J connectivity index is 1.57. The van der Waals surface area contributed by atoms with Crippen molar-refractivity contribution in [2.24, 2.45) is 5.10 Å². The van der Waals surface area contributed by atoms with Crippen molar-refractivity contribution >= 4 is 35.3 Å². The lowest BCUT2D eigenvalue weighted by atomic mass is 10.2. The van der Waals surface area contributed by atoms with Crippen LogP contribution in [0.15, 0.2) is 84.0 Å². The zero-order valence-corrected chi connectivity index (χ0v) is 16.1. The Morgan fingerprint density at radius 3 is 2.38 bits per heavy atom. The molecule has 0 saturated carbocycles. The molecule has 3 aromatic carbocycles. The Morgan fingerprint density at radius 1 is 0.931 bits per heavy atom. The SMILES string of the molecule is O=C(COc1ccccc1/C=N\NC(=O)c1ccc(Cl)cc1)Nc1ccccc1. The van der Waals surface area contributed by atoms with E-state index in [1.165, 1.54) is 6.21 Å². The molecule has 0 fully saturated rings. The fraction of sp³-hybridized carbons (Fsp3) is 0.0455. The predicted octanol–water partition coefficient (Wildman–Crippen LogP) is 4.12. The molecule has 0 aliphatic carbocycles. The Labute approximate surface area is 173 Å². The number of anilines is 1. The van der Waals surface area contributed by atoms with Gasteiger partial charge in [-0.15, -0.1) is 0 Å². The van der Waals surface area contributed by atoms with Crippen LogP contribution in [0.5, 0.6) is 5.75 Å². The first kappa shape index (κ1) is 20.1. The van der Waals surface area contributed by atoms with Crippen LogP contribution in [-0.2, 0) is 4.79 Å². The van der Waals surface area contributed by atoms with Gasteiger partial charge in [0.15, 0.2) is 6.61 Å². The van der Waals surface area contributed by atoms with Gasteiger partial charge in [0.1, 0.15) is 5.75 Å². The minimum Gasteiger partial charge on any atom is -0.483 e. The smallest absolute Gasteiger partial charge is 0.271 e. The monoisotopic (exact) mass is 407 g/mol. The van der Waals surface area contributed by atoms with Crippen molar-refractivity contribution in [3.63, 3.8) is 0 Å². The summed E-state index contributed by atoms with van der Waals surface area (Å²) in [6, 6.07) is 22.7. The van der Waals surface area contributed by atoms with Crippen LogP contribution >= 0.6 is 11.6 Å². The molecule has 0 aliphatic rings. The number of carbonyl (C=O) groups is 2. The number of benzene rings is 3. The first-order valence-electron chi connectivity index (χ1n) is 8.77.